The highest BCUT2D eigenvalue weighted by molar-refractivity contribution is 5.86. The second-order valence-electron chi connectivity index (χ2n) is 7.05. The van der Waals surface area contributed by atoms with Gasteiger partial charge in [-0.3, -0.25) is 9.59 Å². The number of hydrogen-bond acceptors (Lipinski definition) is 5. The van der Waals surface area contributed by atoms with Crippen LogP contribution in [0.2, 0.25) is 0 Å². The van der Waals surface area contributed by atoms with E-state index in [2.05, 4.69) is 10.2 Å². The van der Waals surface area contributed by atoms with Crippen LogP contribution in [0.4, 0.5) is 17.6 Å². The number of aromatic nitrogens is 3. The molecule has 2 aliphatic rings. The number of carbonyl (C=O) groups is 2. The molecule has 0 N–H and O–H groups in total. The van der Waals surface area contributed by atoms with Gasteiger partial charge in [0.2, 0.25) is 11.7 Å². The zero-order valence-electron chi connectivity index (χ0n) is 15.8. The van der Waals surface area contributed by atoms with Crippen LogP contribution in [0.25, 0.3) is 0 Å². The van der Waals surface area contributed by atoms with E-state index >= 15 is 0 Å². The Kier molecular flexibility index (Phi) is 4.96. The molecule has 1 aromatic heterocycles. The zero-order valence-corrected chi connectivity index (χ0v) is 15.8. The van der Waals surface area contributed by atoms with E-state index in [1.165, 1.54) is 35.0 Å². The molecular weight excluding hydrogens is 410 g/mol. The Hall–Kier alpha value is -3.02. The summed E-state index contributed by atoms with van der Waals surface area (Å²) in [5, 5.41) is 6.74. The molecule has 2 amide bonds. The molecule has 1 aromatic carbocycles. The van der Waals surface area contributed by atoms with E-state index in [0.717, 1.165) is 4.57 Å². The predicted octanol–water partition coefficient (Wildman–Crippen LogP) is 1.38. The largest absolute Gasteiger partial charge is 0.451 e. The van der Waals surface area contributed by atoms with Gasteiger partial charge in [-0.1, -0.05) is 18.2 Å². The second kappa shape index (κ2) is 7.35. The molecule has 0 radical (unpaired) electrons. The normalized spacial score (nSPS) is 22.2. The Labute approximate surface area is 168 Å². The van der Waals surface area contributed by atoms with Gasteiger partial charge in [0.1, 0.15) is 12.4 Å². The minimum Gasteiger partial charge on any atom is -0.356 e. The summed E-state index contributed by atoms with van der Waals surface area (Å²) in [6, 6.07) is 4.73. The van der Waals surface area contributed by atoms with E-state index in [1.807, 2.05) is 0 Å². The number of benzene rings is 1. The maximum absolute atomic E-state index is 14.4. The van der Waals surface area contributed by atoms with Crippen molar-refractivity contribution in [3.05, 3.63) is 47.3 Å². The number of carbonyl (C=O) groups excluding carboxylic acids is 2. The summed E-state index contributed by atoms with van der Waals surface area (Å²) in [5.74, 6) is -2.71. The minimum absolute atomic E-state index is 0.00962. The van der Waals surface area contributed by atoms with Gasteiger partial charge in [-0.25, -0.2) is 4.39 Å². The average molecular weight is 427 g/mol. The summed E-state index contributed by atoms with van der Waals surface area (Å²) in [7, 11) is 1.45. The molecule has 0 aliphatic carbocycles. The molecule has 0 saturated carbocycles. The molecule has 2 aromatic rings. The lowest BCUT2D eigenvalue weighted by molar-refractivity contribution is -0.168. The van der Waals surface area contributed by atoms with Gasteiger partial charge in [-0.15, -0.1) is 10.2 Å². The smallest absolute Gasteiger partial charge is 0.356 e. The number of halogens is 4. The van der Waals surface area contributed by atoms with Gasteiger partial charge in [-0.2, -0.15) is 13.2 Å². The highest BCUT2D eigenvalue weighted by Crippen LogP contribution is 2.33. The Bertz CT molecular complexity index is 992. The highest BCUT2D eigenvalue weighted by Gasteiger charge is 2.45. The van der Waals surface area contributed by atoms with Gasteiger partial charge < -0.3 is 19.1 Å². The third kappa shape index (κ3) is 3.40. The molecule has 160 valence electrons. The maximum Gasteiger partial charge on any atom is 0.451 e. The fraction of sp³-hybridized carbons (Fsp3) is 0.444. The molecule has 3 heterocycles. The summed E-state index contributed by atoms with van der Waals surface area (Å²) in [6.07, 6.45) is -5.86. The van der Waals surface area contributed by atoms with Crippen molar-refractivity contribution in [3.63, 3.8) is 0 Å². The molecular formula is C18H17F4N5O3. The Morgan fingerprint density at radius 3 is 2.63 bits per heavy atom. The van der Waals surface area contributed by atoms with E-state index in [9.17, 15) is 27.2 Å². The van der Waals surface area contributed by atoms with Crippen molar-refractivity contribution < 1.29 is 31.9 Å². The SMILES string of the molecule is CN1C(=O)COC(C(=O)N2CCn3c(nnc3C(F)(F)F)C2)C1c1ccccc1F. The van der Waals surface area contributed by atoms with Gasteiger partial charge >= 0.3 is 6.18 Å². The lowest BCUT2D eigenvalue weighted by atomic mass is 9.96. The van der Waals surface area contributed by atoms with E-state index in [1.54, 1.807) is 6.07 Å². The van der Waals surface area contributed by atoms with E-state index in [4.69, 9.17) is 4.74 Å². The Morgan fingerprint density at radius 1 is 1.20 bits per heavy atom. The first-order valence-corrected chi connectivity index (χ1v) is 9.08. The molecule has 2 unspecified atom stereocenters. The van der Waals surface area contributed by atoms with Gasteiger partial charge in [0.15, 0.2) is 11.9 Å². The molecule has 8 nitrogen and oxygen atoms in total. The zero-order chi connectivity index (χ0) is 21.6. The van der Waals surface area contributed by atoms with Crippen molar-refractivity contribution in [1.82, 2.24) is 24.6 Å². The van der Waals surface area contributed by atoms with E-state index < -0.39 is 41.8 Å². The summed E-state index contributed by atoms with van der Waals surface area (Å²) in [5.41, 5.74) is 0.117. The second-order valence-corrected chi connectivity index (χ2v) is 7.05. The first kappa shape index (κ1) is 20.3. The fourth-order valence-electron chi connectivity index (χ4n) is 3.74. The quantitative estimate of drug-likeness (QED) is 0.677. The number of fused-ring (bicyclic) bond motifs is 1. The standard InChI is InChI=1S/C18H17F4N5O3/c1-25-13(28)9-30-15(14(25)10-4-2-3-5-11(10)19)16(29)26-6-7-27-12(8-26)23-24-17(27)18(20,21)22/h2-5,14-15H,6-9H2,1H3. The number of rotatable bonds is 2. The lowest BCUT2D eigenvalue weighted by Crippen LogP contribution is -2.55. The van der Waals surface area contributed by atoms with Crippen molar-refractivity contribution in [3.8, 4) is 0 Å². The van der Waals surface area contributed by atoms with Crippen LogP contribution in [0.3, 0.4) is 0 Å². The van der Waals surface area contributed by atoms with Crippen molar-refractivity contribution in [2.75, 3.05) is 20.2 Å². The molecule has 1 fully saturated rings. The van der Waals surface area contributed by atoms with Crippen LogP contribution >= 0.6 is 0 Å². The highest BCUT2D eigenvalue weighted by atomic mass is 19.4. The molecule has 2 aliphatic heterocycles. The van der Waals surface area contributed by atoms with Crippen molar-refractivity contribution in [2.24, 2.45) is 0 Å². The Balaban J connectivity index is 1.61. The van der Waals surface area contributed by atoms with E-state index in [0.29, 0.717) is 0 Å². The Morgan fingerprint density at radius 2 is 1.93 bits per heavy atom. The molecule has 0 spiro atoms. The first-order chi connectivity index (χ1) is 14.2. The van der Waals surface area contributed by atoms with Crippen LogP contribution in [0.5, 0.6) is 0 Å². The molecule has 4 rings (SSSR count). The van der Waals surface area contributed by atoms with Crippen molar-refractivity contribution in [2.45, 2.75) is 31.4 Å². The number of amides is 2. The predicted molar refractivity (Wildman–Crippen MR) is 92.1 cm³/mol. The van der Waals surface area contributed by atoms with Gasteiger partial charge in [-0.05, 0) is 6.07 Å². The molecule has 2 atom stereocenters. The third-order valence-corrected chi connectivity index (χ3v) is 5.27. The van der Waals surface area contributed by atoms with Gasteiger partial charge in [0, 0.05) is 25.7 Å². The molecule has 0 bridgehead atoms. The number of alkyl halides is 3. The summed E-state index contributed by atoms with van der Waals surface area (Å²) >= 11 is 0. The van der Waals surface area contributed by atoms with Crippen LogP contribution in [0.15, 0.2) is 24.3 Å². The van der Waals surface area contributed by atoms with Gasteiger partial charge in [0.25, 0.3) is 5.91 Å². The summed E-state index contributed by atoms with van der Waals surface area (Å²) in [4.78, 5) is 27.8. The van der Waals surface area contributed by atoms with Crippen LogP contribution in [0.1, 0.15) is 23.3 Å². The lowest BCUT2D eigenvalue weighted by Gasteiger charge is -2.40. The number of hydrogen-bond donors (Lipinski definition) is 0. The van der Waals surface area contributed by atoms with Crippen LogP contribution in [-0.4, -0.2) is 62.7 Å². The van der Waals surface area contributed by atoms with Crippen LogP contribution in [-0.2, 0) is 33.6 Å². The van der Waals surface area contributed by atoms with Crippen molar-refractivity contribution >= 4 is 11.8 Å². The number of morpholine rings is 1. The first-order valence-electron chi connectivity index (χ1n) is 9.08. The summed E-state index contributed by atoms with van der Waals surface area (Å²) < 4.78 is 59.9. The maximum atomic E-state index is 14.4. The molecule has 30 heavy (non-hydrogen) atoms. The number of ether oxygens (including phenoxy) is 1. The van der Waals surface area contributed by atoms with Crippen molar-refractivity contribution in [1.29, 1.82) is 0 Å². The topological polar surface area (TPSA) is 80.6 Å². The molecule has 1 saturated heterocycles. The molecule has 12 heteroatoms. The monoisotopic (exact) mass is 427 g/mol. The van der Waals surface area contributed by atoms with Crippen LogP contribution < -0.4 is 0 Å². The van der Waals surface area contributed by atoms with Gasteiger partial charge in [0.05, 0.1) is 12.6 Å². The average Bonchev–Trinajstić information content (AvgIpc) is 3.14. The van der Waals surface area contributed by atoms with E-state index in [-0.39, 0.29) is 37.6 Å². The fourth-order valence-corrected chi connectivity index (χ4v) is 3.74. The third-order valence-electron chi connectivity index (χ3n) is 5.27. The number of nitrogens with zero attached hydrogens (tertiary/aromatic N) is 5. The van der Waals surface area contributed by atoms with Crippen LogP contribution in [0, 0.1) is 5.82 Å². The summed E-state index contributed by atoms with van der Waals surface area (Å²) in [6.45, 7) is -0.743. The minimum atomic E-state index is -4.65. The number of likely N-dealkylation sites (N-methyl/N-ethyl adjacent to an activating group) is 1.